The smallest absolute Gasteiger partial charge is 0.312 e. The number of hydrogen-bond acceptors (Lipinski definition) is 5. The van der Waals surface area contributed by atoms with Crippen LogP contribution in [0.1, 0.15) is 35.8 Å². The monoisotopic (exact) mass is 284 g/mol. The number of anilines is 1. The van der Waals surface area contributed by atoms with Crippen molar-refractivity contribution < 1.29 is 9.90 Å². The molecule has 2 atom stereocenters. The Morgan fingerprint density at radius 3 is 3.11 bits per heavy atom. The third kappa shape index (κ3) is 2.36. The van der Waals surface area contributed by atoms with Crippen molar-refractivity contribution in [2.75, 3.05) is 17.6 Å². The number of hydrogen-bond donors (Lipinski definition) is 2. The van der Waals surface area contributed by atoms with Crippen molar-refractivity contribution >= 4 is 34.2 Å². The number of nitrogens with zero attached hydrogens (tertiary/aromatic N) is 1. The quantitative estimate of drug-likeness (QED) is 0.889. The Kier molecular flexibility index (Phi) is 3.48. The molecule has 98 valence electrons. The molecule has 1 aromatic heterocycles. The van der Waals surface area contributed by atoms with Crippen LogP contribution in [0.15, 0.2) is 0 Å². The minimum atomic E-state index is -0.739. The van der Waals surface area contributed by atoms with Crippen molar-refractivity contribution in [2.45, 2.75) is 36.9 Å². The summed E-state index contributed by atoms with van der Waals surface area (Å²) < 4.78 is 0. The second kappa shape index (κ2) is 5.09. The van der Waals surface area contributed by atoms with Crippen molar-refractivity contribution in [3.05, 3.63) is 10.6 Å². The summed E-state index contributed by atoms with van der Waals surface area (Å²) in [6.07, 6.45) is 4.17. The van der Waals surface area contributed by atoms with Crippen molar-refractivity contribution in [1.82, 2.24) is 4.98 Å². The molecule has 0 radical (unpaired) electrons. The predicted octanol–water partition coefficient (Wildman–Crippen LogP) is 2.57. The maximum atomic E-state index is 11.1. The molecule has 4 nitrogen and oxygen atoms in total. The molecule has 2 aliphatic rings. The Morgan fingerprint density at radius 2 is 2.39 bits per heavy atom. The Bertz CT molecular complexity index is 455. The zero-order chi connectivity index (χ0) is 12.5. The van der Waals surface area contributed by atoms with E-state index in [-0.39, 0.29) is 5.92 Å². The summed E-state index contributed by atoms with van der Waals surface area (Å²) >= 11 is 3.65. The zero-order valence-corrected chi connectivity index (χ0v) is 11.6. The van der Waals surface area contributed by atoms with Gasteiger partial charge in [-0.2, -0.15) is 11.8 Å². The Balaban J connectivity index is 1.64. The number of thiazole rings is 1. The number of carboxylic acids is 1. The first-order valence-electron chi connectivity index (χ1n) is 6.32. The highest BCUT2D eigenvalue weighted by Crippen LogP contribution is 2.38. The number of aromatic nitrogens is 1. The second-order valence-corrected chi connectivity index (χ2v) is 7.26. The van der Waals surface area contributed by atoms with E-state index in [1.54, 1.807) is 11.3 Å². The topological polar surface area (TPSA) is 62.2 Å². The number of aryl methyl sites for hydroxylation is 1. The number of nitrogens with one attached hydrogen (secondary N) is 1. The standard InChI is InChI=1S/C12H16N2O2S2/c15-11(16)8-3-4-9-10(8)14-12(18-9)13-6-7-2-1-5-17-7/h7-8H,1-6H2,(H,13,14)(H,15,16). The van der Waals surface area contributed by atoms with Crippen LogP contribution >= 0.6 is 23.1 Å². The highest BCUT2D eigenvalue weighted by Gasteiger charge is 2.32. The Morgan fingerprint density at radius 1 is 1.50 bits per heavy atom. The molecule has 1 aromatic rings. The average Bonchev–Trinajstić information content (AvgIpc) is 3.02. The lowest BCUT2D eigenvalue weighted by Gasteiger charge is -2.08. The SMILES string of the molecule is O=C(O)C1CCc2sc(NCC3CCCS3)nc21. The van der Waals surface area contributed by atoms with E-state index in [2.05, 4.69) is 10.3 Å². The van der Waals surface area contributed by atoms with E-state index < -0.39 is 5.97 Å². The molecule has 0 bridgehead atoms. The number of rotatable bonds is 4. The van der Waals surface area contributed by atoms with Gasteiger partial charge in [-0.05, 0) is 31.4 Å². The molecule has 1 aliphatic carbocycles. The van der Waals surface area contributed by atoms with Gasteiger partial charge in [0.05, 0.1) is 5.69 Å². The average molecular weight is 284 g/mol. The molecular formula is C12H16N2O2S2. The molecule has 0 aromatic carbocycles. The van der Waals surface area contributed by atoms with Crippen LogP contribution < -0.4 is 5.32 Å². The molecule has 3 rings (SSSR count). The fraction of sp³-hybridized carbons (Fsp3) is 0.667. The summed E-state index contributed by atoms with van der Waals surface area (Å²) in [5, 5.41) is 14.1. The summed E-state index contributed by atoms with van der Waals surface area (Å²) in [4.78, 5) is 16.7. The lowest BCUT2D eigenvalue weighted by atomic mass is 10.1. The molecule has 0 amide bonds. The maximum Gasteiger partial charge on any atom is 0.312 e. The number of thioether (sulfide) groups is 1. The van der Waals surface area contributed by atoms with Gasteiger partial charge >= 0.3 is 5.97 Å². The lowest BCUT2D eigenvalue weighted by molar-refractivity contribution is -0.138. The first kappa shape index (κ1) is 12.3. The highest BCUT2D eigenvalue weighted by atomic mass is 32.2. The van der Waals surface area contributed by atoms with Gasteiger partial charge in [-0.1, -0.05) is 0 Å². The predicted molar refractivity (Wildman–Crippen MR) is 74.8 cm³/mol. The van der Waals surface area contributed by atoms with E-state index >= 15 is 0 Å². The molecular weight excluding hydrogens is 268 g/mol. The van der Waals surface area contributed by atoms with Gasteiger partial charge in [0.15, 0.2) is 5.13 Å². The molecule has 0 saturated carbocycles. The molecule has 2 N–H and O–H groups in total. The van der Waals surface area contributed by atoms with Gasteiger partial charge in [-0.15, -0.1) is 11.3 Å². The van der Waals surface area contributed by atoms with Crippen LogP contribution in [-0.2, 0) is 11.2 Å². The third-order valence-corrected chi connectivity index (χ3v) is 6.01. The highest BCUT2D eigenvalue weighted by molar-refractivity contribution is 8.00. The molecule has 1 fully saturated rings. The molecule has 1 aliphatic heterocycles. The van der Waals surface area contributed by atoms with Crippen molar-refractivity contribution in [3.63, 3.8) is 0 Å². The van der Waals surface area contributed by atoms with Crippen molar-refractivity contribution in [1.29, 1.82) is 0 Å². The van der Waals surface area contributed by atoms with Gasteiger partial charge in [0.2, 0.25) is 0 Å². The van der Waals surface area contributed by atoms with Crippen LogP contribution in [0.25, 0.3) is 0 Å². The van der Waals surface area contributed by atoms with Gasteiger partial charge in [-0.25, -0.2) is 4.98 Å². The Hall–Kier alpha value is -0.750. The normalized spacial score (nSPS) is 26.2. The largest absolute Gasteiger partial charge is 0.481 e. The fourth-order valence-electron chi connectivity index (χ4n) is 2.55. The van der Waals surface area contributed by atoms with Crippen LogP contribution in [0.2, 0.25) is 0 Å². The minimum absolute atomic E-state index is 0.382. The van der Waals surface area contributed by atoms with Gasteiger partial charge in [-0.3, -0.25) is 4.79 Å². The summed E-state index contributed by atoms with van der Waals surface area (Å²) in [5.74, 6) is 0.145. The van der Waals surface area contributed by atoms with Crippen molar-refractivity contribution in [2.24, 2.45) is 0 Å². The molecule has 1 saturated heterocycles. The van der Waals surface area contributed by atoms with E-state index in [0.29, 0.717) is 11.7 Å². The summed E-state index contributed by atoms with van der Waals surface area (Å²) in [6, 6.07) is 0. The number of aliphatic carboxylic acids is 1. The maximum absolute atomic E-state index is 11.1. The summed E-state index contributed by atoms with van der Waals surface area (Å²) in [7, 11) is 0. The van der Waals surface area contributed by atoms with Gasteiger partial charge in [0.1, 0.15) is 5.92 Å². The van der Waals surface area contributed by atoms with Gasteiger partial charge in [0, 0.05) is 16.7 Å². The zero-order valence-electron chi connectivity index (χ0n) is 10.0. The fourth-order valence-corrected chi connectivity index (χ4v) is 4.80. The van der Waals surface area contributed by atoms with Crippen LogP contribution in [-0.4, -0.2) is 33.6 Å². The molecule has 2 heterocycles. The van der Waals surface area contributed by atoms with E-state index in [4.69, 9.17) is 5.11 Å². The van der Waals surface area contributed by atoms with Gasteiger partial charge in [0.25, 0.3) is 0 Å². The molecule has 18 heavy (non-hydrogen) atoms. The van der Waals surface area contributed by atoms with Crippen molar-refractivity contribution in [3.8, 4) is 0 Å². The minimum Gasteiger partial charge on any atom is -0.481 e. The van der Waals surface area contributed by atoms with E-state index in [1.165, 1.54) is 18.6 Å². The first-order valence-corrected chi connectivity index (χ1v) is 8.18. The second-order valence-electron chi connectivity index (χ2n) is 4.77. The Labute approximate surface area is 114 Å². The first-order chi connectivity index (χ1) is 8.74. The lowest BCUT2D eigenvalue weighted by Crippen LogP contribution is -2.14. The third-order valence-electron chi connectivity index (χ3n) is 3.52. The van der Waals surface area contributed by atoms with Crippen LogP contribution in [0.3, 0.4) is 0 Å². The van der Waals surface area contributed by atoms with Crippen LogP contribution in [0.4, 0.5) is 5.13 Å². The van der Waals surface area contributed by atoms with E-state index in [9.17, 15) is 4.79 Å². The van der Waals surface area contributed by atoms with E-state index in [1.807, 2.05) is 11.8 Å². The van der Waals surface area contributed by atoms with Crippen LogP contribution in [0, 0.1) is 0 Å². The van der Waals surface area contributed by atoms with E-state index in [0.717, 1.165) is 28.7 Å². The summed E-state index contributed by atoms with van der Waals surface area (Å²) in [5.41, 5.74) is 0.800. The molecule has 6 heteroatoms. The van der Waals surface area contributed by atoms with Gasteiger partial charge < -0.3 is 10.4 Å². The number of fused-ring (bicyclic) bond motifs is 1. The number of carboxylic acid groups (broad SMARTS) is 1. The van der Waals surface area contributed by atoms with Crippen LogP contribution in [0.5, 0.6) is 0 Å². The molecule has 2 unspecified atom stereocenters. The molecule has 0 spiro atoms. The number of carbonyl (C=O) groups is 1. The summed E-state index contributed by atoms with van der Waals surface area (Å²) in [6.45, 7) is 0.953.